The van der Waals surface area contributed by atoms with Gasteiger partial charge in [0.05, 0.1) is 17.7 Å². The minimum Gasteiger partial charge on any atom is -0.495 e. The third kappa shape index (κ3) is 4.97. The number of imide groups is 1. The van der Waals surface area contributed by atoms with Gasteiger partial charge in [-0.2, -0.15) is 0 Å². The normalized spacial score (nSPS) is 15.0. The average Bonchev–Trinajstić information content (AvgIpc) is 3.00. The van der Waals surface area contributed by atoms with Gasteiger partial charge in [-0.15, -0.1) is 0 Å². The highest BCUT2D eigenvalue weighted by Gasteiger charge is 2.33. The molecule has 8 heteroatoms. The van der Waals surface area contributed by atoms with Gasteiger partial charge in [0.2, 0.25) is 0 Å². The molecule has 3 rings (SSSR count). The van der Waals surface area contributed by atoms with E-state index in [4.69, 9.17) is 9.47 Å². The van der Waals surface area contributed by atoms with Crippen LogP contribution in [0, 0.1) is 0 Å². The summed E-state index contributed by atoms with van der Waals surface area (Å²) in [5, 5.41) is 2.48. The van der Waals surface area contributed by atoms with Crippen LogP contribution in [0.25, 0.3) is 6.08 Å². The first-order valence-corrected chi connectivity index (χ1v) is 9.74. The molecule has 1 saturated heterocycles. The molecule has 2 aromatic carbocycles. The second-order valence-corrected chi connectivity index (χ2v) is 7.03. The van der Waals surface area contributed by atoms with Gasteiger partial charge in [0.1, 0.15) is 11.5 Å². The summed E-state index contributed by atoms with van der Waals surface area (Å²) in [6.07, 6.45) is 1.67. The summed E-state index contributed by atoms with van der Waals surface area (Å²) < 4.78 is 10.7. The molecule has 0 unspecified atom stereocenters. The number of hydrogen-bond donors (Lipinski definition) is 1. The Morgan fingerprint density at radius 3 is 2.52 bits per heavy atom. The fourth-order valence-electron chi connectivity index (χ4n) is 2.67. The van der Waals surface area contributed by atoms with E-state index >= 15 is 0 Å². The molecule has 150 valence electrons. The zero-order valence-corrected chi connectivity index (χ0v) is 16.8. The summed E-state index contributed by atoms with van der Waals surface area (Å²) in [5.41, 5.74) is 1.33. The maximum atomic E-state index is 12.1. The number of thioether (sulfide) groups is 1. The molecule has 3 amide bonds. The second kappa shape index (κ2) is 9.29. The van der Waals surface area contributed by atoms with Crippen LogP contribution >= 0.6 is 11.8 Å². The van der Waals surface area contributed by atoms with Crippen LogP contribution in [0.3, 0.4) is 0 Å². The van der Waals surface area contributed by atoms with Gasteiger partial charge in [0, 0.05) is 6.54 Å². The molecule has 0 atom stereocenters. The summed E-state index contributed by atoms with van der Waals surface area (Å²) in [4.78, 5) is 37.6. The topological polar surface area (TPSA) is 84.9 Å². The minimum absolute atomic E-state index is 0.160. The van der Waals surface area contributed by atoms with Crippen molar-refractivity contribution in [2.24, 2.45) is 0 Å². The van der Waals surface area contributed by atoms with Crippen molar-refractivity contribution in [3.05, 3.63) is 59.0 Å². The summed E-state index contributed by atoms with van der Waals surface area (Å²) in [6.45, 7) is 1.95. The number of rotatable bonds is 7. The van der Waals surface area contributed by atoms with Crippen molar-refractivity contribution in [3.8, 4) is 11.5 Å². The molecule has 0 bridgehead atoms. The Balaban J connectivity index is 1.57. The van der Waals surface area contributed by atoms with Crippen molar-refractivity contribution in [2.75, 3.05) is 25.6 Å². The minimum atomic E-state index is -0.313. The fourth-order valence-corrected chi connectivity index (χ4v) is 3.57. The van der Waals surface area contributed by atoms with Crippen LogP contribution in [0.4, 0.5) is 10.5 Å². The Kier molecular flexibility index (Phi) is 6.56. The van der Waals surface area contributed by atoms with Crippen LogP contribution in [-0.4, -0.2) is 42.2 Å². The van der Waals surface area contributed by atoms with Gasteiger partial charge in [-0.25, -0.2) is 0 Å². The number of ether oxygens (including phenoxy) is 2. The molecular weight excluding hydrogens is 392 g/mol. The van der Waals surface area contributed by atoms with Crippen molar-refractivity contribution in [1.82, 2.24) is 4.90 Å². The van der Waals surface area contributed by atoms with E-state index in [1.54, 1.807) is 55.5 Å². The number of para-hydroxylation sites is 2. The van der Waals surface area contributed by atoms with Crippen LogP contribution in [0.5, 0.6) is 11.5 Å². The molecule has 0 spiro atoms. The molecule has 1 fully saturated rings. The molecule has 29 heavy (non-hydrogen) atoms. The first-order chi connectivity index (χ1) is 14.0. The lowest BCUT2D eigenvalue weighted by atomic mass is 10.2. The van der Waals surface area contributed by atoms with Gasteiger partial charge in [0.25, 0.3) is 17.1 Å². The summed E-state index contributed by atoms with van der Waals surface area (Å²) in [6, 6.07) is 14.0. The van der Waals surface area contributed by atoms with E-state index in [1.165, 1.54) is 12.0 Å². The molecule has 0 aliphatic carbocycles. The molecule has 0 aromatic heterocycles. The maximum Gasteiger partial charge on any atom is 0.293 e. The number of carbonyl (C=O) groups excluding carboxylic acids is 3. The molecule has 1 aliphatic heterocycles. The highest BCUT2D eigenvalue weighted by molar-refractivity contribution is 8.18. The Morgan fingerprint density at radius 2 is 1.86 bits per heavy atom. The Labute approximate surface area is 172 Å². The van der Waals surface area contributed by atoms with Crippen LogP contribution in [0.15, 0.2) is 53.4 Å². The van der Waals surface area contributed by atoms with Crippen LogP contribution in [0.2, 0.25) is 0 Å². The number of anilines is 1. The highest BCUT2D eigenvalue weighted by atomic mass is 32.2. The Hall–Kier alpha value is -3.26. The molecule has 0 saturated carbocycles. The molecule has 0 radical (unpaired) electrons. The van der Waals surface area contributed by atoms with Gasteiger partial charge in [0.15, 0.2) is 6.61 Å². The standard InChI is InChI=1S/C21H20N2O5S/c1-3-23-20(25)18(29-21(23)26)12-14-8-10-15(11-9-14)28-13-19(24)22-16-6-4-5-7-17(16)27-2/h4-12H,3,13H2,1-2H3,(H,22,24)/b18-12-. The SMILES string of the molecule is CCN1C(=O)S/C(=C\c2ccc(OCC(=O)Nc3ccccc3OC)cc2)C1=O. The predicted octanol–water partition coefficient (Wildman–Crippen LogP) is 3.77. The number of nitrogens with zero attached hydrogens (tertiary/aromatic N) is 1. The van der Waals surface area contributed by atoms with Crippen LogP contribution in [-0.2, 0) is 9.59 Å². The zero-order chi connectivity index (χ0) is 20.8. The average molecular weight is 412 g/mol. The molecule has 2 aromatic rings. The van der Waals surface area contributed by atoms with Gasteiger partial charge in [-0.05, 0) is 54.6 Å². The highest BCUT2D eigenvalue weighted by Crippen LogP contribution is 2.32. The predicted molar refractivity (Wildman–Crippen MR) is 112 cm³/mol. The van der Waals surface area contributed by atoms with Gasteiger partial charge in [-0.1, -0.05) is 24.3 Å². The summed E-state index contributed by atoms with van der Waals surface area (Å²) in [5.74, 6) is 0.485. The Bertz CT molecular complexity index is 956. The van der Waals surface area contributed by atoms with E-state index in [0.29, 0.717) is 28.6 Å². The third-order valence-corrected chi connectivity index (χ3v) is 5.03. The summed E-state index contributed by atoms with van der Waals surface area (Å²) in [7, 11) is 1.53. The van der Waals surface area contributed by atoms with E-state index in [-0.39, 0.29) is 23.7 Å². The number of likely N-dealkylation sites (N-methyl/N-ethyl adjacent to an activating group) is 1. The number of nitrogens with one attached hydrogen (secondary N) is 1. The molecule has 7 nitrogen and oxygen atoms in total. The van der Waals surface area contributed by atoms with Crippen molar-refractivity contribution < 1.29 is 23.9 Å². The largest absolute Gasteiger partial charge is 0.495 e. The van der Waals surface area contributed by atoms with Crippen LogP contribution < -0.4 is 14.8 Å². The molecular formula is C21H20N2O5S. The summed E-state index contributed by atoms with van der Waals surface area (Å²) >= 11 is 0.928. The van der Waals surface area contributed by atoms with Crippen LogP contribution in [0.1, 0.15) is 12.5 Å². The lowest BCUT2D eigenvalue weighted by molar-refractivity contribution is -0.122. The lowest BCUT2D eigenvalue weighted by Crippen LogP contribution is -2.27. The molecule has 1 N–H and O–H groups in total. The first-order valence-electron chi connectivity index (χ1n) is 8.93. The maximum absolute atomic E-state index is 12.1. The number of carbonyl (C=O) groups is 3. The quantitative estimate of drug-likeness (QED) is 0.697. The van der Waals surface area contributed by atoms with Gasteiger partial charge in [-0.3, -0.25) is 19.3 Å². The van der Waals surface area contributed by atoms with Crippen molar-refractivity contribution in [1.29, 1.82) is 0 Å². The first kappa shape index (κ1) is 20.5. The lowest BCUT2D eigenvalue weighted by Gasteiger charge is -2.10. The zero-order valence-electron chi connectivity index (χ0n) is 16.0. The number of methoxy groups -OCH3 is 1. The van der Waals surface area contributed by atoms with E-state index < -0.39 is 0 Å². The van der Waals surface area contributed by atoms with E-state index in [1.807, 2.05) is 6.07 Å². The smallest absolute Gasteiger partial charge is 0.293 e. The van der Waals surface area contributed by atoms with Gasteiger partial charge < -0.3 is 14.8 Å². The monoisotopic (exact) mass is 412 g/mol. The van der Waals surface area contributed by atoms with E-state index in [2.05, 4.69) is 5.32 Å². The molecule has 1 heterocycles. The molecule has 1 aliphatic rings. The van der Waals surface area contributed by atoms with E-state index in [9.17, 15) is 14.4 Å². The number of benzene rings is 2. The van der Waals surface area contributed by atoms with Gasteiger partial charge >= 0.3 is 0 Å². The second-order valence-electron chi connectivity index (χ2n) is 6.03. The number of hydrogen-bond acceptors (Lipinski definition) is 6. The number of amides is 3. The van der Waals surface area contributed by atoms with Crippen molar-refractivity contribution in [2.45, 2.75) is 6.92 Å². The third-order valence-electron chi connectivity index (χ3n) is 4.12. The van der Waals surface area contributed by atoms with Crippen molar-refractivity contribution in [3.63, 3.8) is 0 Å². The Morgan fingerprint density at radius 1 is 1.14 bits per heavy atom. The van der Waals surface area contributed by atoms with Crippen molar-refractivity contribution >= 4 is 40.6 Å². The van der Waals surface area contributed by atoms with E-state index in [0.717, 1.165) is 17.3 Å². The fraction of sp³-hybridized carbons (Fsp3) is 0.190.